The molecule has 104 valence electrons. The predicted molar refractivity (Wildman–Crippen MR) is 54.8 cm³/mol. The fourth-order valence-electron chi connectivity index (χ4n) is 2.42. The van der Waals surface area contributed by atoms with Gasteiger partial charge in [-0.05, 0) is 12.8 Å². The Morgan fingerprint density at radius 1 is 1.45 bits per heavy atom. The Bertz CT molecular complexity index is 592. The molecule has 12 heteroatoms. The van der Waals surface area contributed by atoms with Crippen LogP contribution in [0.25, 0.3) is 0 Å². The third-order valence-corrected chi connectivity index (χ3v) is 3.51. The molecule has 1 aromatic rings. The Labute approximate surface area is 136 Å². The average Bonchev–Trinajstić information content (AvgIpc) is 2.93. The summed E-state index contributed by atoms with van der Waals surface area (Å²) in [5, 5.41) is 4.28. The number of nitrogens with zero attached hydrogens (tertiary/aromatic N) is 4. The summed E-state index contributed by atoms with van der Waals surface area (Å²) in [6.07, 6.45) is 2.17. The summed E-state index contributed by atoms with van der Waals surface area (Å²) in [5.74, 6) is 0.346. The second kappa shape index (κ2) is 5.58. The van der Waals surface area contributed by atoms with Crippen LogP contribution in [0.15, 0.2) is 10.9 Å². The molecule has 10 nitrogen and oxygen atoms in total. The molecule has 0 aromatic carbocycles. The number of hydroxylamine groups is 2. The summed E-state index contributed by atoms with van der Waals surface area (Å²) in [7, 11) is -4.97. The van der Waals surface area contributed by atoms with Gasteiger partial charge >= 0.3 is 35.6 Å². The Hall–Kier alpha value is -0.720. The molecule has 3 heterocycles. The Morgan fingerprint density at radius 2 is 2.20 bits per heavy atom. The van der Waals surface area contributed by atoms with Gasteiger partial charge in [-0.15, -0.1) is 0 Å². The fourth-order valence-corrected chi connectivity index (χ4v) is 2.80. The number of fused-ring (bicyclic) bond motifs is 2. The van der Waals surface area contributed by atoms with Crippen molar-refractivity contribution in [1.82, 2.24) is 20.1 Å². The van der Waals surface area contributed by atoms with E-state index in [1.165, 1.54) is 4.90 Å². The van der Waals surface area contributed by atoms with Gasteiger partial charge in [-0.3, -0.25) is 0 Å². The minimum atomic E-state index is -4.97. The van der Waals surface area contributed by atoms with Crippen LogP contribution in [-0.2, 0) is 14.7 Å². The summed E-state index contributed by atoms with van der Waals surface area (Å²) in [6.45, 7) is 0.257. The molecular weight excluding hydrogens is 303 g/mol. The van der Waals surface area contributed by atoms with E-state index >= 15 is 0 Å². The van der Waals surface area contributed by atoms with Gasteiger partial charge in [0.2, 0.25) is 16.8 Å². The molecule has 2 bridgehead atoms. The number of hydrogen-bond donors (Lipinski definition) is 0. The van der Waals surface area contributed by atoms with Crippen molar-refractivity contribution in [3.63, 3.8) is 0 Å². The van der Waals surface area contributed by atoms with Gasteiger partial charge in [-0.25, -0.2) is 13.2 Å². The second-order valence-corrected chi connectivity index (χ2v) is 5.25. The SMILES string of the molecule is O=C1N2C[C@@H](CC[C@H]2c2ncon2)N1OS(=O)(=O)[O-].[Na+]. The molecule has 0 N–H and O–H groups in total. The molecule has 2 atom stereocenters. The molecule has 2 amide bonds. The van der Waals surface area contributed by atoms with Gasteiger partial charge in [0.15, 0.2) is 5.82 Å². The van der Waals surface area contributed by atoms with Crippen LogP contribution in [0.4, 0.5) is 4.79 Å². The maximum Gasteiger partial charge on any atom is 1.00 e. The minimum Gasteiger partial charge on any atom is -0.724 e. The van der Waals surface area contributed by atoms with Gasteiger partial charge in [-0.2, -0.15) is 14.3 Å². The van der Waals surface area contributed by atoms with E-state index in [9.17, 15) is 17.8 Å². The largest absolute Gasteiger partial charge is 1.00 e. The normalized spacial score (nSPS) is 25.8. The molecule has 3 rings (SSSR count). The summed E-state index contributed by atoms with van der Waals surface area (Å²) in [5.41, 5.74) is 0. The number of piperidine rings is 1. The van der Waals surface area contributed by atoms with E-state index in [2.05, 4.69) is 18.9 Å². The number of urea groups is 1. The van der Waals surface area contributed by atoms with Crippen LogP contribution >= 0.6 is 0 Å². The average molecular weight is 312 g/mol. The van der Waals surface area contributed by atoms with E-state index < -0.39 is 28.5 Å². The maximum absolute atomic E-state index is 12.0. The van der Waals surface area contributed by atoms with Gasteiger partial charge in [0.1, 0.15) is 0 Å². The van der Waals surface area contributed by atoms with Crippen molar-refractivity contribution in [1.29, 1.82) is 0 Å². The molecule has 0 spiro atoms. The van der Waals surface area contributed by atoms with Crippen molar-refractivity contribution in [3.8, 4) is 0 Å². The van der Waals surface area contributed by atoms with Crippen molar-refractivity contribution >= 4 is 16.4 Å². The molecule has 20 heavy (non-hydrogen) atoms. The number of rotatable bonds is 3. The van der Waals surface area contributed by atoms with Crippen LogP contribution < -0.4 is 29.6 Å². The molecule has 2 aliphatic heterocycles. The van der Waals surface area contributed by atoms with Gasteiger partial charge in [0.05, 0.1) is 12.1 Å². The van der Waals surface area contributed by atoms with Crippen LogP contribution in [-0.4, -0.2) is 51.7 Å². The first-order valence-corrected chi connectivity index (χ1v) is 6.80. The van der Waals surface area contributed by atoms with Crippen molar-refractivity contribution in [2.75, 3.05) is 6.54 Å². The zero-order chi connectivity index (χ0) is 13.6. The molecule has 0 unspecified atom stereocenters. The summed E-state index contributed by atoms with van der Waals surface area (Å²) < 4.78 is 40.6. The van der Waals surface area contributed by atoms with Gasteiger partial charge < -0.3 is 14.0 Å². The van der Waals surface area contributed by atoms with Crippen LogP contribution in [0, 0.1) is 0 Å². The third-order valence-electron chi connectivity index (χ3n) is 3.17. The summed E-state index contributed by atoms with van der Waals surface area (Å²) in [4.78, 5) is 17.3. The quantitative estimate of drug-likeness (QED) is 0.318. The van der Waals surface area contributed by atoms with E-state index in [4.69, 9.17) is 0 Å². The number of aromatic nitrogens is 2. The first kappa shape index (κ1) is 15.7. The van der Waals surface area contributed by atoms with Gasteiger partial charge in [-0.1, -0.05) is 5.16 Å². The third kappa shape index (κ3) is 2.82. The molecule has 0 radical (unpaired) electrons. The Morgan fingerprint density at radius 3 is 2.80 bits per heavy atom. The fraction of sp³-hybridized carbons (Fsp3) is 0.625. The zero-order valence-electron chi connectivity index (χ0n) is 10.5. The molecule has 0 saturated carbocycles. The van der Waals surface area contributed by atoms with Crippen LogP contribution in [0.5, 0.6) is 0 Å². The van der Waals surface area contributed by atoms with Gasteiger partial charge in [0, 0.05) is 6.54 Å². The van der Waals surface area contributed by atoms with E-state index in [-0.39, 0.29) is 36.1 Å². The Balaban J connectivity index is 0.00000147. The molecule has 1 aromatic heterocycles. The first-order chi connectivity index (χ1) is 8.96. The number of carbonyl (C=O) groups excluding carboxylic acids is 1. The van der Waals surface area contributed by atoms with E-state index in [1.807, 2.05) is 0 Å². The summed E-state index contributed by atoms with van der Waals surface area (Å²) >= 11 is 0. The molecule has 2 saturated heterocycles. The van der Waals surface area contributed by atoms with Crippen molar-refractivity contribution in [3.05, 3.63) is 12.2 Å². The first-order valence-electron chi connectivity index (χ1n) is 5.47. The summed E-state index contributed by atoms with van der Waals surface area (Å²) in [6, 6.07) is -1.54. The van der Waals surface area contributed by atoms with Crippen molar-refractivity contribution < 1.29 is 56.1 Å². The van der Waals surface area contributed by atoms with Crippen molar-refractivity contribution in [2.24, 2.45) is 0 Å². The van der Waals surface area contributed by atoms with Crippen molar-refractivity contribution in [2.45, 2.75) is 24.9 Å². The van der Waals surface area contributed by atoms with Gasteiger partial charge in [0.25, 0.3) is 0 Å². The van der Waals surface area contributed by atoms with Crippen LogP contribution in [0.1, 0.15) is 24.7 Å². The van der Waals surface area contributed by atoms with E-state index in [0.717, 1.165) is 6.39 Å². The minimum absolute atomic E-state index is 0. The standard InChI is InChI=1S/C8H10N4O6S.Na/c13-8-11-3-5(12(8)18-19(14,15)16)1-2-6(11)7-9-4-17-10-7;/h4-6H,1-3H2,(H,14,15,16);/q;+1/p-1/t5-,6+;/m1./s1. The molecule has 2 fully saturated rings. The predicted octanol–water partition coefficient (Wildman–Crippen LogP) is -3.59. The molecule has 0 aliphatic carbocycles. The second-order valence-electron chi connectivity index (χ2n) is 4.28. The maximum atomic E-state index is 12.0. The Kier molecular flexibility index (Phi) is 4.37. The van der Waals surface area contributed by atoms with E-state index in [0.29, 0.717) is 23.7 Å². The molecular formula is C8H9N4NaO6S. The molecule has 2 aliphatic rings. The topological polar surface area (TPSA) is 129 Å². The number of amides is 2. The monoisotopic (exact) mass is 312 g/mol. The number of carbonyl (C=O) groups is 1. The van der Waals surface area contributed by atoms with Crippen LogP contribution in [0.3, 0.4) is 0 Å². The number of hydrogen-bond acceptors (Lipinski definition) is 8. The van der Waals surface area contributed by atoms with E-state index in [1.54, 1.807) is 0 Å². The zero-order valence-corrected chi connectivity index (χ0v) is 13.3. The van der Waals surface area contributed by atoms with Crippen LogP contribution in [0.2, 0.25) is 0 Å². The smallest absolute Gasteiger partial charge is 0.724 e.